The molecule has 2 amide bonds. The van der Waals surface area contributed by atoms with Gasteiger partial charge in [0.2, 0.25) is 0 Å². The Bertz CT molecular complexity index is 1490. The first-order valence-corrected chi connectivity index (χ1v) is 13.2. The van der Waals surface area contributed by atoms with Crippen molar-refractivity contribution in [3.63, 3.8) is 0 Å². The van der Waals surface area contributed by atoms with Gasteiger partial charge in [-0.05, 0) is 30.7 Å². The van der Waals surface area contributed by atoms with E-state index < -0.39 is 11.8 Å². The van der Waals surface area contributed by atoms with Gasteiger partial charge in [-0.2, -0.15) is 5.26 Å². The molecule has 12 heteroatoms. The number of ether oxygens (including phenoxy) is 3. The average Bonchev–Trinajstić information content (AvgIpc) is 3.46. The van der Waals surface area contributed by atoms with Crippen molar-refractivity contribution in [2.24, 2.45) is 0 Å². The number of hydrogen-bond acceptors (Lipinski definition) is 9. The van der Waals surface area contributed by atoms with Gasteiger partial charge in [-0.3, -0.25) is 15.2 Å². The molecule has 200 valence electrons. The number of morpholine rings is 1. The molecule has 39 heavy (non-hydrogen) atoms. The number of anilines is 2. The largest absolute Gasteiger partial charge is 0.492 e. The number of pyridine rings is 1. The molecular weight excluding hydrogens is 523 g/mol. The predicted octanol–water partition coefficient (Wildman–Crippen LogP) is 5.24. The van der Waals surface area contributed by atoms with Gasteiger partial charge in [-0.25, -0.2) is 14.2 Å². The Morgan fingerprint density at radius 3 is 2.77 bits per heavy atom. The van der Waals surface area contributed by atoms with Gasteiger partial charge in [0.15, 0.2) is 5.13 Å². The van der Waals surface area contributed by atoms with Crippen LogP contribution in [0.1, 0.15) is 12.0 Å². The maximum Gasteiger partial charge on any atom is 0.325 e. The molecule has 0 spiro atoms. The molecule has 1 fully saturated rings. The molecule has 2 aromatic carbocycles. The first kappa shape index (κ1) is 26.3. The van der Waals surface area contributed by atoms with Crippen LogP contribution in [0.2, 0.25) is 0 Å². The molecule has 10 nitrogen and oxygen atoms in total. The molecule has 0 aliphatic carbocycles. The lowest BCUT2D eigenvalue weighted by Gasteiger charge is -2.26. The van der Waals surface area contributed by atoms with Gasteiger partial charge >= 0.3 is 6.03 Å². The molecule has 1 aliphatic heterocycles. The maximum atomic E-state index is 14.7. The Morgan fingerprint density at radius 1 is 1.13 bits per heavy atom. The van der Waals surface area contributed by atoms with E-state index in [1.165, 1.54) is 29.5 Å². The average molecular weight is 549 g/mol. The van der Waals surface area contributed by atoms with Crippen molar-refractivity contribution >= 4 is 39.1 Å². The third-order valence-electron chi connectivity index (χ3n) is 5.97. The van der Waals surface area contributed by atoms with Crippen molar-refractivity contribution in [1.29, 1.82) is 5.26 Å². The van der Waals surface area contributed by atoms with Crippen LogP contribution in [0.3, 0.4) is 0 Å². The van der Waals surface area contributed by atoms with Crippen LogP contribution < -0.4 is 20.1 Å². The van der Waals surface area contributed by atoms with Gasteiger partial charge in [-0.15, -0.1) is 11.3 Å². The van der Waals surface area contributed by atoms with Gasteiger partial charge in [0.05, 0.1) is 36.6 Å². The van der Waals surface area contributed by atoms with Crippen molar-refractivity contribution in [3.05, 3.63) is 65.6 Å². The summed E-state index contributed by atoms with van der Waals surface area (Å²) in [6.45, 7) is 4.69. The Morgan fingerprint density at radius 2 is 2.00 bits per heavy atom. The molecule has 0 radical (unpaired) electrons. The topological polar surface area (TPSA) is 122 Å². The van der Waals surface area contributed by atoms with Crippen molar-refractivity contribution < 1.29 is 23.4 Å². The first-order valence-electron chi connectivity index (χ1n) is 12.3. The highest BCUT2D eigenvalue weighted by atomic mass is 32.1. The van der Waals surface area contributed by atoms with Crippen molar-refractivity contribution in [3.8, 4) is 23.3 Å². The van der Waals surface area contributed by atoms with Gasteiger partial charge in [-0.1, -0.05) is 0 Å². The lowest BCUT2D eigenvalue weighted by molar-refractivity contribution is 0.0358. The van der Waals surface area contributed by atoms with Crippen molar-refractivity contribution in [1.82, 2.24) is 14.9 Å². The number of carbonyl (C=O) groups is 1. The van der Waals surface area contributed by atoms with E-state index in [0.29, 0.717) is 39.7 Å². The molecule has 1 aliphatic rings. The van der Waals surface area contributed by atoms with Crippen LogP contribution in [0.4, 0.5) is 20.0 Å². The molecule has 4 aromatic rings. The zero-order valence-corrected chi connectivity index (χ0v) is 21.7. The van der Waals surface area contributed by atoms with Crippen LogP contribution in [0.5, 0.6) is 17.2 Å². The minimum atomic E-state index is -0.675. The van der Waals surface area contributed by atoms with Gasteiger partial charge in [0, 0.05) is 54.9 Å². The Balaban J connectivity index is 1.25. The molecule has 2 N–H and O–H groups in total. The second-order valence-corrected chi connectivity index (χ2v) is 9.50. The number of nitrogens with zero attached hydrogens (tertiary/aromatic N) is 4. The summed E-state index contributed by atoms with van der Waals surface area (Å²) < 4.78 is 32.0. The molecule has 0 atom stereocenters. The van der Waals surface area contributed by atoms with E-state index in [4.69, 9.17) is 14.2 Å². The molecule has 1 saturated heterocycles. The van der Waals surface area contributed by atoms with Gasteiger partial charge in [0.25, 0.3) is 0 Å². The SMILES string of the molecule is N#Cc1cc2c(Oc3ccc(NC(=O)Nc4nccs4)c(F)c3)ccnc2cc1OCCCN1CCOCC1. The number of nitriles is 1. The molecular formula is C27H25FN6O4S. The quantitative estimate of drug-likeness (QED) is 0.273. The summed E-state index contributed by atoms with van der Waals surface area (Å²) in [5.74, 6) is 0.393. The monoisotopic (exact) mass is 548 g/mol. The van der Waals surface area contributed by atoms with E-state index in [9.17, 15) is 14.4 Å². The van der Waals surface area contributed by atoms with Crippen LogP contribution in [0.25, 0.3) is 10.9 Å². The number of benzene rings is 2. The molecule has 0 bridgehead atoms. The van der Waals surface area contributed by atoms with Crippen molar-refractivity contribution in [2.45, 2.75) is 6.42 Å². The molecule has 5 rings (SSSR count). The molecule has 3 heterocycles. The molecule has 0 saturated carbocycles. The fourth-order valence-electron chi connectivity index (χ4n) is 4.06. The number of rotatable bonds is 9. The number of urea groups is 1. The smallest absolute Gasteiger partial charge is 0.325 e. The Labute approximate surface area is 228 Å². The number of hydrogen-bond donors (Lipinski definition) is 2. The molecule has 0 unspecified atom stereocenters. The minimum absolute atomic E-state index is 0.0156. The van der Waals surface area contributed by atoms with E-state index in [1.807, 2.05) is 0 Å². The molecule has 2 aromatic heterocycles. The summed E-state index contributed by atoms with van der Waals surface area (Å²) in [5.41, 5.74) is 0.911. The van der Waals surface area contributed by atoms with Crippen LogP contribution >= 0.6 is 11.3 Å². The number of amides is 2. The van der Waals surface area contributed by atoms with E-state index in [-0.39, 0.29) is 11.4 Å². The summed E-state index contributed by atoms with van der Waals surface area (Å²) in [6, 6.07) is 10.7. The predicted molar refractivity (Wildman–Crippen MR) is 145 cm³/mol. The number of carbonyl (C=O) groups excluding carboxylic acids is 1. The summed E-state index contributed by atoms with van der Waals surface area (Å²) in [6.07, 6.45) is 3.95. The lowest BCUT2D eigenvalue weighted by atomic mass is 10.1. The standard InChI is InChI=1S/C27H25FN6O4S/c28-21-15-19(2-3-22(21)32-26(35)33-27-31-6-13-39-27)38-24-4-5-30-23-16-25(18(17-29)14-20(23)24)37-10-1-7-34-8-11-36-12-9-34/h2-6,13-16H,1,7-12H2,(H2,31,32,33,35). The highest BCUT2D eigenvalue weighted by Gasteiger charge is 2.14. The number of fused-ring (bicyclic) bond motifs is 1. The highest BCUT2D eigenvalue weighted by molar-refractivity contribution is 7.13. The van der Waals surface area contributed by atoms with E-state index >= 15 is 0 Å². The van der Waals surface area contributed by atoms with Crippen LogP contribution in [0.15, 0.2) is 54.2 Å². The first-order chi connectivity index (χ1) is 19.1. The van der Waals surface area contributed by atoms with Gasteiger partial charge < -0.3 is 19.5 Å². The normalized spacial score (nSPS) is 13.5. The summed E-state index contributed by atoms with van der Waals surface area (Å²) in [7, 11) is 0. The van der Waals surface area contributed by atoms with Crippen molar-refractivity contribution in [2.75, 3.05) is 50.1 Å². The second-order valence-electron chi connectivity index (χ2n) is 8.60. The lowest BCUT2D eigenvalue weighted by Crippen LogP contribution is -2.37. The summed E-state index contributed by atoms with van der Waals surface area (Å²) >= 11 is 1.25. The van der Waals surface area contributed by atoms with Crippen LogP contribution in [0, 0.1) is 17.1 Å². The van der Waals surface area contributed by atoms with Gasteiger partial charge in [0.1, 0.15) is 29.1 Å². The third kappa shape index (κ3) is 6.77. The number of halogens is 1. The van der Waals surface area contributed by atoms with Crippen LogP contribution in [-0.4, -0.2) is 60.4 Å². The third-order valence-corrected chi connectivity index (χ3v) is 6.66. The maximum absolute atomic E-state index is 14.7. The highest BCUT2D eigenvalue weighted by Crippen LogP contribution is 2.34. The number of aromatic nitrogens is 2. The second kappa shape index (κ2) is 12.5. The van der Waals surface area contributed by atoms with E-state index in [2.05, 4.69) is 31.6 Å². The fraction of sp³-hybridized carbons (Fsp3) is 0.259. The zero-order valence-electron chi connectivity index (χ0n) is 20.9. The number of nitrogens with one attached hydrogen (secondary N) is 2. The van der Waals surface area contributed by atoms with E-state index in [1.54, 1.807) is 36.0 Å². The Kier molecular flexibility index (Phi) is 8.42. The number of thiazole rings is 1. The minimum Gasteiger partial charge on any atom is -0.492 e. The zero-order chi connectivity index (χ0) is 27.0. The Hall–Kier alpha value is -4.31. The fourth-order valence-corrected chi connectivity index (χ4v) is 4.59. The van der Waals surface area contributed by atoms with E-state index in [0.717, 1.165) is 39.3 Å². The summed E-state index contributed by atoms with van der Waals surface area (Å²) in [4.78, 5) is 22.8. The van der Waals surface area contributed by atoms with Crippen LogP contribution in [-0.2, 0) is 4.74 Å². The summed E-state index contributed by atoms with van der Waals surface area (Å²) in [5, 5.41) is 17.4.